The number of nitrogens with zero attached hydrogens (tertiary/aromatic N) is 1. The molecule has 6 heteroatoms. The fourth-order valence-corrected chi connectivity index (χ4v) is 2.17. The Balaban J connectivity index is 1.58. The lowest BCUT2D eigenvalue weighted by Gasteiger charge is -2.09. The molecule has 1 aliphatic heterocycles. The van der Waals surface area contributed by atoms with Crippen LogP contribution in [0, 0.1) is 0 Å². The molecule has 1 heterocycles. The maximum atomic E-state index is 12.1. The SMILES string of the molecule is CC(C)Oc1ccc(/C=N/NC(=O)c2ccc3c(c2)OCO3)cc1. The van der Waals surface area contributed by atoms with Gasteiger partial charge in [-0.3, -0.25) is 4.79 Å². The van der Waals surface area contributed by atoms with E-state index in [-0.39, 0.29) is 18.8 Å². The number of nitrogens with one attached hydrogen (secondary N) is 1. The Labute approximate surface area is 140 Å². The Kier molecular flexibility index (Phi) is 4.65. The summed E-state index contributed by atoms with van der Waals surface area (Å²) in [5.74, 6) is 1.68. The first-order valence-electron chi connectivity index (χ1n) is 7.61. The molecule has 0 bridgehead atoms. The Morgan fingerprint density at radius 1 is 1.17 bits per heavy atom. The molecule has 2 aromatic rings. The quantitative estimate of drug-likeness (QED) is 0.677. The summed E-state index contributed by atoms with van der Waals surface area (Å²) in [6.07, 6.45) is 1.70. The van der Waals surface area contributed by atoms with Gasteiger partial charge in [0.2, 0.25) is 6.79 Å². The van der Waals surface area contributed by atoms with Gasteiger partial charge in [0.1, 0.15) is 5.75 Å². The molecule has 1 N–H and O–H groups in total. The largest absolute Gasteiger partial charge is 0.491 e. The fourth-order valence-electron chi connectivity index (χ4n) is 2.17. The highest BCUT2D eigenvalue weighted by molar-refractivity contribution is 5.95. The first-order chi connectivity index (χ1) is 11.6. The number of carbonyl (C=O) groups excluding carboxylic acids is 1. The molecule has 1 amide bonds. The number of carbonyl (C=O) groups is 1. The number of hydrogen-bond donors (Lipinski definition) is 1. The number of ether oxygens (including phenoxy) is 3. The lowest BCUT2D eigenvalue weighted by Crippen LogP contribution is -2.17. The average molecular weight is 326 g/mol. The van der Waals surface area contributed by atoms with Gasteiger partial charge in [-0.25, -0.2) is 5.43 Å². The van der Waals surface area contributed by atoms with Crippen molar-refractivity contribution in [1.82, 2.24) is 5.43 Å². The standard InChI is InChI=1S/C18H18N2O4/c1-12(2)24-15-6-3-13(4-7-15)10-19-20-18(21)14-5-8-16-17(9-14)23-11-22-16/h3-10,12H,11H2,1-2H3,(H,20,21)/b19-10+. The molecule has 0 aromatic heterocycles. The highest BCUT2D eigenvalue weighted by Crippen LogP contribution is 2.32. The van der Waals surface area contributed by atoms with Gasteiger partial charge >= 0.3 is 0 Å². The van der Waals surface area contributed by atoms with E-state index in [1.807, 2.05) is 38.1 Å². The summed E-state index contributed by atoms with van der Waals surface area (Å²) in [7, 11) is 0. The number of fused-ring (bicyclic) bond motifs is 1. The molecule has 3 rings (SSSR count). The Morgan fingerprint density at radius 2 is 1.92 bits per heavy atom. The van der Waals surface area contributed by atoms with E-state index in [1.54, 1.807) is 24.4 Å². The third-order valence-electron chi connectivity index (χ3n) is 3.27. The predicted octanol–water partition coefficient (Wildman–Crippen LogP) is 2.97. The number of rotatable bonds is 5. The van der Waals surface area contributed by atoms with Crippen LogP contribution in [0.2, 0.25) is 0 Å². The summed E-state index contributed by atoms with van der Waals surface area (Å²) in [5, 5.41) is 3.96. The molecule has 24 heavy (non-hydrogen) atoms. The van der Waals surface area contributed by atoms with Crippen LogP contribution in [0.4, 0.5) is 0 Å². The van der Waals surface area contributed by atoms with Gasteiger partial charge < -0.3 is 14.2 Å². The average Bonchev–Trinajstić information content (AvgIpc) is 3.03. The molecule has 6 nitrogen and oxygen atoms in total. The zero-order valence-corrected chi connectivity index (χ0v) is 13.5. The minimum absolute atomic E-state index is 0.130. The monoisotopic (exact) mass is 326 g/mol. The minimum Gasteiger partial charge on any atom is -0.491 e. The lowest BCUT2D eigenvalue weighted by molar-refractivity contribution is 0.0954. The van der Waals surface area contributed by atoms with E-state index < -0.39 is 0 Å². The first-order valence-corrected chi connectivity index (χ1v) is 7.61. The van der Waals surface area contributed by atoms with E-state index in [4.69, 9.17) is 14.2 Å². The van der Waals surface area contributed by atoms with Gasteiger partial charge in [-0.05, 0) is 61.9 Å². The van der Waals surface area contributed by atoms with E-state index >= 15 is 0 Å². The van der Waals surface area contributed by atoms with Crippen molar-refractivity contribution in [3.8, 4) is 17.2 Å². The molecule has 0 atom stereocenters. The number of benzene rings is 2. The van der Waals surface area contributed by atoms with Gasteiger partial charge in [0.15, 0.2) is 11.5 Å². The van der Waals surface area contributed by atoms with Crippen molar-refractivity contribution in [3.63, 3.8) is 0 Å². The van der Waals surface area contributed by atoms with Gasteiger partial charge in [-0.2, -0.15) is 5.10 Å². The van der Waals surface area contributed by atoms with Gasteiger partial charge in [0, 0.05) is 5.56 Å². The topological polar surface area (TPSA) is 69.2 Å². The van der Waals surface area contributed by atoms with Crippen LogP contribution in [0.3, 0.4) is 0 Å². The summed E-state index contributed by atoms with van der Waals surface area (Å²) in [4.78, 5) is 12.1. The Hall–Kier alpha value is -3.02. The van der Waals surface area contributed by atoms with E-state index in [0.717, 1.165) is 11.3 Å². The second-order valence-electron chi connectivity index (χ2n) is 5.50. The van der Waals surface area contributed by atoms with Crippen LogP contribution in [0.15, 0.2) is 47.6 Å². The maximum absolute atomic E-state index is 12.1. The van der Waals surface area contributed by atoms with Crippen molar-refractivity contribution >= 4 is 12.1 Å². The lowest BCUT2D eigenvalue weighted by atomic mass is 10.2. The second kappa shape index (κ2) is 7.04. The van der Waals surface area contributed by atoms with Crippen LogP contribution >= 0.6 is 0 Å². The molecule has 124 valence electrons. The number of hydrogen-bond acceptors (Lipinski definition) is 5. The smallest absolute Gasteiger partial charge is 0.271 e. The second-order valence-corrected chi connectivity index (χ2v) is 5.50. The van der Waals surface area contributed by atoms with Gasteiger partial charge in [0.25, 0.3) is 5.91 Å². The van der Waals surface area contributed by atoms with Gasteiger partial charge in [-0.1, -0.05) is 0 Å². The van der Waals surface area contributed by atoms with Gasteiger partial charge in [-0.15, -0.1) is 0 Å². The van der Waals surface area contributed by atoms with E-state index in [2.05, 4.69) is 10.5 Å². The van der Waals surface area contributed by atoms with Gasteiger partial charge in [0.05, 0.1) is 12.3 Å². The number of amides is 1. The van der Waals surface area contributed by atoms with Crippen LogP contribution in [0.5, 0.6) is 17.2 Å². The van der Waals surface area contributed by atoms with E-state index in [0.29, 0.717) is 17.1 Å². The van der Waals surface area contributed by atoms with Crippen LogP contribution in [0.1, 0.15) is 29.8 Å². The van der Waals surface area contributed by atoms with Crippen molar-refractivity contribution in [2.24, 2.45) is 5.10 Å². The zero-order chi connectivity index (χ0) is 16.9. The molecule has 0 saturated heterocycles. The normalized spacial score (nSPS) is 12.6. The predicted molar refractivity (Wildman–Crippen MR) is 89.8 cm³/mol. The molecule has 0 saturated carbocycles. The summed E-state index contributed by atoms with van der Waals surface area (Å²) in [5.41, 5.74) is 3.80. The highest BCUT2D eigenvalue weighted by atomic mass is 16.7. The summed E-state index contributed by atoms with van der Waals surface area (Å²) < 4.78 is 16.0. The van der Waals surface area contributed by atoms with Crippen LogP contribution in [0.25, 0.3) is 0 Å². The molecule has 0 radical (unpaired) electrons. The van der Waals surface area contributed by atoms with Crippen molar-refractivity contribution in [2.75, 3.05) is 6.79 Å². The van der Waals surface area contributed by atoms with Crippen molar-refractivity contribution in [2.45, 2.75) is 20.0 Å². The van der Waals surface area contributed by atoms with Crippen molar-refractivity contribution in [3.05, 3.63) is 53.6 Å². The van der Waals surface area contributed by atoms with Crippen molar-refractivity contribution in [1.29, 1.82) is 0 Å². The highest BCUT2D eigenvalue weighted by Gasteiger charge is 2.15. The van der Waals surface area contributed by atoms with Crippen LogP contribution in [-0.2, 0) is 0 Å². The zero-order valence-electron chi connectivity index (χ0n) is 13.5. The molecular formula is C18H18N2O4. The molecule has 1 aliphatic rings. The molecule has 0 unspecified atom stereocenters. The number of hydrazone groups is 1. The van der Waals surface area contributed by atoms with Crippen molar-refractivity contribution < 1.29 is 19.0 Å². The third kappa shape index (κ3) is 3.84. The Bertz CT molecular complexity index is 754. The summed E-state index contributed by atoms with van der Waals surface area (Å²) >= 11 is 0. The molecular weight excluding hydrogens is 308 g/mol. The van der Waals surface area contributed by atoms with E-state index in [1.165, 1.54) is 0 Å². The molecule has 0 aliphatic carbocycles. The third-order valence-corrected chi connectivity index (χ3v) is 3.27. The summed E-state index contributed by atoms with van der Waals surface area (Å²) in [6, 6.07) is 12.5. The maximum Gasteiger partial charge on any atom is 0.271 e. The minimum atomic E-state index is -0.315. The fraction of sp³-hybridized carbons (Fsp3) is 0.222. The first kappa shape index (κ1) is 15.9. The van der Waals surface area contributed by atoms with E-state index in [9.17, 15) is 4.79 Å². The Morgan fingerprint density at radius 3 is 2.67 bits per heavy atom. The van der Waals surface area contributed by atoms with Crippen LogP contribution < -0.4 is 19.6 Å². The molecule has 0 fully saturated rings. The summed E-state index contributed by atoms with van der Waals surface area (Å²) in [6.45, 7) is 4.12. The molecule has 0 spiro atoms. The molecule has 2 aromatic carbocycles. The van der Waals surface area contributed by atoms with Crippen LogP contribution in [-0.4, -0.2) is 25.0 Å².